The highest BCUT2D eigenvalue weighted by Gasteiger charge is 2.18. The van der Waals surface area contributed by atoms with Gasteiger partial charge in [-0.25, -0.2) is 0 Å². The number of rotatable bonds is 12. The zero-order valence-corrected chi connectivity index (χ0v) is 16.7. The minimum atomic E-state index is -0.582. The fourth-order valence-electron chi connectivity index (χ4n) is 2.86. The van der Waals surface area contributed by atoms with E-state index < -0.39 is 6.10 Å². The van der Waals surface area contributed by atoms with Gasteiger partial charge in [-0.05, 0) is 43.2 Å². The quantitative estimate of drug-likeness (QED) is 0.611. The summed E-state index contributed by atoms with van der Waals surface area (Å²) in [5.74, 6) is 2.27. The number of methoxy groups -OCH3 is 2. The Bertz CT molecular complexity index is 636. The Hall–Kier alpha value is -2.02. The number of hydrogen-bond donors (Lipinski definition) is 1. The predicted octanol–water partition coefficient (Wildman–Crippen LogP) is 3.48. The van der Waals surface area contributed by atoms with Crippen LogP contribution in [0.2, 0.25) is 0 Å². The highest BCUT2D eigenvalue weighted by atomic mass is 16.5. The van der Waals surface area contributed by atoms with Crippen molar-refractivity contribution in [2.75, 3.05) is 27.4 Å². The predicted molar refractivity (Wildman–Crippen MR) is 104 cm³/mol. The molecule has 0 fully saturated rings. The Morgan fingerprint density at radius 1 is 1.15 bits per heavy atom. The fourth-order valence-corrected chi connectivity index (χ4v) is 2.86. The molecule has 1 aromatic carbocycles. The first kappa shape index (κ1) is 21.3. The average molecular weight is 377 g/mol. The van der Waals surface area contributed by atoms with Gasteiger partial charge in [-0.1, -0.05) is 6.92 Å². The Balaban J connectivity index is 1.95. The van der Waals surface area contributed by atoms with Crippen molar-refractivity contribution in [3.05, 3.63) is 47.9 Å². The molecule has 1 heterocycles. The minimum absolute atomic E-state index is 0.259. The molecule has 0 bridgehead atoms. The van der Waals surface area contributed by atoms with Crippen LogP contribution in [0.15, 0.2) is 41.0 Å². The van der Waals surface area contributed by atoms with Crippen LogP contribution in [-0.4, -0.2) is 49.5 Å². The maximum atomic E-state index is 10.4. The van der Waals surface area contributed by atoms with Crippen molar-refractivity contribution in [2.24, 2.45) is 0 Å². The number of nitrogens with zero attached hydrogens (tertiary/aromatic N) is 1. The molecule has 6 heteroatoms. The largest absolute Gasteiger partial charge is 0.497 e. The molecule has 0 aliphatic carbocycles. The van der Waals surface area contributed by atoms with Crippen LogP contribution in [0.1, 0.15) is 31.6 Å². The van der Waals surface area contributed by atoms with Gasteiger partial charge in [-0.15, -0.1) is 0 Å². The van der Waals surface area contributed by atoms with Gasteiger partial charge in [0.25, 0.3) is 0 Å². The molecule has 2 unspecified atom stereocenters. The average Bonchev–Trinajstić information content (AvgIpc) is 3.19. The molecule has 0 aliphatic heterocycles. The third-order valence-corrected chi connectivity index (χ3v) is 4.59. The third-order valence-electron chi connectivity index (χ3n) is 4.59. The van der Waals surface area contributed by atoms with E-state index in [0.717, 1.165) is 29.2 Å². The van der Waals surface area contributed by atoms with Crippen LogP contribution in [-0.2, 0) is 17.9 Å². The number of aliphatic hydroxyl groups excluding tert-OH is 1. The first-order valence-electron chi connectivity index (χ1n) is 9.29. The Morgan fingerprint density at radius 2 is 1.85 bits per heavy atom. The van der Waals surface area contributed by atoms with Gasteiger partial charge in [-0.2, -0.15) is 0 Å². The molecule has 2 rings (SSSR count). The van der Waals surface area contributed by atoms with Crippen molar-refractivity contribution in [1.82, 2.24) is 4.90 Å². The number of furan rings is 1. The number of ether oxygens (including phenoxy) is 3. The smallest absolute Gasteiger partial charge is 0.129 e. The molecule has 0 radical (unpaired) electrons. The zero-order chi connectivity index (χ0) is 19.6. The molecule has 1 N–H and O–H groups in total. The van der Waals surface area contributed by atoms with E-state index in [1.807, 2.05) is 30.3 Å². The Labute approximate surface area is 161 Å². The van der Waals surface area contributed by atoms with E-state index in [9.17, 15) is 5.11 Å². The van der Waals surface area contributed by atoms with E-state index in [1.165, 1.54) is 0 Å². The van der Waals surface area contributed by atoms with Gasteiger partial charge in [0.2, 0.25) is 0 Å². The maximum Gasteiger partial charge on any atom is 0.129 e. The van der Waals surface area contributed by atoms with Gasteiger partial charge in [0.15, 0.2) is 0 Å². The highest BCUT2D eigenvalue weighted by molar-refractivity contribution is 5.38. The van der Waals surface area contributed by atoms with E-state index in [2.05, 4.69) is 18.7 Å². The van der Waals surface area contributed by atoms with Crippen LogP contribution in [0.5, 0.6) is 11.5 Å². The Morgan fingerprint density at radius 3 is 2.41 bits per heavy atom. The summed E-state index contributed by atoms with van der Waals surface area (Å²) in [6.07, 6.45) is 2.02. The molecule has 27 heavy (non-hydrogen) atoms. The van der Waals surface area contributed by atoms with Crippen LogP contribution in [0.25, 0.3) is 0 Å². The Kier molecular flexibility index (Phi) is 8.64. The lowest BCUT2D eigenvalue weighted by molar-refractivity contribution is -0.00273. The molecule has 1 aromatic heterocycles. The summed E-state index contributed by atoms with van der Waals surface area (Å²) in [5.41, 5.74) is 1.08. The molecule has 0 amide bonds. The second kappa shape index (κ2) is 11.0. The lowest BCUT2D eigenvalue weighted by Gasteiger charge is -2.30. The first-order valence-corrected chi connectivity index (χ1v) is 9.29. The van der Waals surface area contributed by atoms with Crippen molar-refractivity contribution < 1.29 is 23.7 Å². The molecular weight excluding hydrogens is 346 g/mol. The van der Waals surface area contributed by atoms with Crippen LogP contribution < -0.4 is 9.47 Å². The fraction of sp³-hybridized carbons (Fsp3) is 0.524. The summed E-state index contributed by atoms with van der Waals surface area (Å²) in [6, 6.07) is 9.85. The molecule has 150 valence electrons. The lowest BCUT2D eigenvalue weighted by atomic mass is 10.1. The summed E-state index contributed by atoms with van der Waals surface area (Å²) in [7, 11) is 3.29. The molecule has 0 saturated carbocycles. The normalized spacial score (nSPS) is 13.6. The third kappa shape index (κ3) is 6.90. The van der Waals surface area contributed by atoms with E-state index in [-0.39, 0.29) is 6.61 Å². The van der Waals surface area contributed by atoms with Crippen molar-refractivity contribution >= 4 is 0 Å². The van der Waals surface area contributed by atoms with E-state index >= 15 is 0 Å². The van der Waals surface area contributed by atoms with Crippen molar-refractivity contribution in [3.63, 3.8) is 0 Å². The van der Waals surface area contributed by atoms with Crippen molar-refractivity contribution in [1.29, 1.82) is 0 Å². The molecule has 0 saturated heterocycles. The summed E-state index contributed by atoms with van der Waals surface area (Å²) >= 11 is 0. The van der Waals surface area contributed by atoms with E-state index in [4.69, 9.17) is 18.6 Å². The van der Waals surface area contributed by atoms with Crippen LogP contribution in [0.3, 0.4) is 0 Å². The molecular formula is C21H31NO5. The van der Waals surface area contributed by atoms with Gasteiger partial charge in [0.05, 0.1) is 33.2 Å². The lowest BCUT2D eigenvalue weighted by Crippen LogP contribution is -2.39. The standard InChI is InChI=1S/C21H31NO5/c1-5-16(2)22(12-17-9-20(24-3)11-21(10-17)25-4)13-18(23)14-26-15-19-7-6-8-27-19/h6-11,16,18,23H,5,12-15H2,1-4H3. The number of aliphatic hydroxyl groups is 1. The van der Waals surface area contributed by atoms with Crippen LogP contribution in [0, 0.1) is 0 Å². The van der Waals surface area contributed by atoms with Crippen LogP contribution in [0.4, 0.5) is 0 Å². The SMILES string of the molecule is CCC(C)N(Cc1cc(OC)cc(OC)c1)CC(O)COCc1ccco1. The zero-order valence-electron chi connectivity index (χ0n) is 16.7. The molecule has 6 nitrogen and oxygen atoms in total. The van der Waals surface area contributed by atoms with Gasteiger partial charge in [0.1, 0.15) is 23.9 Å². The second-order valence-electron chi connectivity index (χ2n) is 6.66. The monoisotopic (exact) mass is 377 g/mol. The number of benzene rings is 1. The van der Waals surface area contributed by atoms with Gasteiger partial charge >= 0.3 is 0 Å². The van der Waals surface area contributed by atoms with Gasteiger partial charge in [0, 0.05) is 25.2 Å². The first-order chi connectivity index (χ1) is 13.0. The molecule has 2 aromatic rings. The van der Waals surface area contributed by atoms with Gasteiger partial charge < -0.3 is 23.7 Å². The number of hydrogen-bond acceptors (Lipinski definition) is 6. The topological polar surface area (TPSA) is 64.3 Å². The highest BCUT2D eigenvalue weighted by Crippen LogP contribution is 2.24. The van der Waals surface area contributed by atoms with Crippen molar-refractivity contribution in [3.8, 4) is 11.5 Å². The van der Waals surface area contributed by atoms with E-state index in [0.29, 0.717) is 25.7 Å². The van der Waals surface area contributed by atoms with E-state index in [1.54, 1.807) is 20.5 Å². The molecule has 0 aliphatic rings. The van der Waals surface area contributed by atoms with Crippen LogP contribution >= 0.6 is 0 Å². The molecule has 2 atom stereocenters. The molecule has 0 spiro atoms. The summed E-state index contributed by atoms with van der Waals surface area (Å²) < 4.78 is 21.5. The maximum absolute atomic E-state index is 10.4. The minimum Gasteiger partial charge on any atom is -0.497 e. The van der Waals surface area contributed by atoms with Crippen molar-refractivity contribution in [2.45, 2.75) is 45.6 Å². The summed E-state index contributed by atoms with van der Waals surface area (Å²) in [5, 5.41) is 10.4. The summed E-state index contributed by atoms with van der Waals surface area (Å²) in [6.45, 7) is 6.14. The second-order valence-corrected chi connectivity index (χ2v) is 6.66. The van der Waals surface area contributed by atoms with Gasteiger partial charge in [-0.3, -0.25) is 4.90 Å². The summed E-state index contributed by atoms with van der Waals surface area (Å²) in [4.78, 5) is 2.25.